The van der Waals surface area contributed by atoms with Gasteiger partial charge in [-0.05, 0) is 130 Å². The van der Waals surface area contributed by atoms with Gasteiger partial charge in [-0.1, -0.05) is 109 Å². The molecule has 0 fully saturated rings. The van der Waals surface area contributed by atoms with E-state index in [1.54, 1.807) is 38.1 Å². The largest absolute Gasteiger partial charge is 0.678 e. The van der Waals surface area contributed by atoms with Crippen LogP contribution < -0.4 is 0 Å². The summed E-state index contributed by atoms with van der Waals surface area (Å²) < 4.78 is 97.4. The first-order valence-electron chi connectivity index (χ1n) is 20.7. The maximum atomic E-state index is 16.6. The molecule has 2 atom stereocenters. The van der Waals surface area contributed by atoms with Crippen LogP contribution in [-0.2, 0) is 0 Å². The highest BCUT2D eigenvalue weighted by Crippen LogP contribution is 2.47. The summed E-state index contributed by atoms with van der Waals surface area (Å²) in [6.07, 6.45) is 11.4. The number of rotatable bonds is 9. The lowest BCUT2D eigenvalue weighted by Gasteiger charge is -2.24. The summed E-state index contributed by atoms with van der Waals surface area (Å²) in [6, 6.07) is 19.0. The number of nitrogens with zero attached hydrogens (tertiary/aromatic N) is 2. The summed E-state index contributed by atoms with van der Waals surface area (Å²) in [5.41, 5.74) is 9.13. The molecule has 4 aromatic carbocycles. The number of aryl methyl sites for hydroxylation is 5. The van der Waals surface area contributed by atoms with Gasteiger partial charge < -0.3 is 4.48 Å². The van der Waals surface area contributed by atoms with Crippen molar-refractivity contribution in [3.05, 3.63) is 198 Å². The molecule has 0 N–H and O–H groups in total. The van der Waals surface area contributed by atoms with E-state index in [1.165, 1.54) is 0 Å². The van der Waals surface area contributed by atoms with E-state index in [9.17, 15) is 0 Å². The van der Waals surface area contributed by atoms with Gasteiger partial charge in [0, 0.05) is 40.1 Å². The Balaban J connectivity index is 1.65. The van der Waals surface area contributed by atoms with Crippen LogP contribution in [-0.4, -0.2) is 17.6 Å². The van der Waals surface area contributed by atoms with Gasteiger partial charge in [0.2, 0.25) is 0 Å². The van der Waals surface area contributed by atoms with E-state index < -0.39 is 41.8 Å². The van der Waals surface area contributed by atoms with Gasteiger partial charge in [0.15, 0.2) is 23.3 Å². The molecular weight excluding hydrogens is 789 g/mol. The topological polar surface area (TPSA) is 17.3 Å². The van der Waals surface area contributed by atoms with Gasteiger partial charge in [-0.2, -0.15) is 0 Å². The Hall–Kier alpha value is -6.09. The third-order valence-corrected chi connectivity index (χ3v) is 12.2. The summed E-state index contributed by atoms with van der Waals surface area (Å²) >= 11 is 0. The van der Waals surface area contributed by atoms with Crippen LogP contribution in [0, 0.1) is 76.6 Å². The number of halogens is 6. The predicted molar refractivity (Wildman–Crippen MR) is 245 cm³/mol. The Bertz CT molecular complexity index is 2830. The zero-order valence-electron chi connectivity index (χ0n) is 36.7. The second-order valence-corrected chi connectivity index (χ2v) is 16.8. The van der Waals surface area contributed by atoms with Gasteiger partial charge in [-0.3, -0.25) is 8.63 Å². The predicted octanol–water partition coefficient (Wildman–Crippen LogP) is 14.9. The second kappa shape index (κ2) is 17.4. The summed E-state index contributed by atoms with van der Waals surface area (Å²) in [5.74, 6) is -6.89. The molecule has 9 heteroatoms. The molecule has 2 unspecified atom stereocenters. The average Bonchev–Trinajstić information content (AvgIpc) is 3.67. The van der Waals surface area contributed by atoms with E-state index in [0.29, 0.717) is 28.0 Å². The van der Waals surface area contributed by atoms with Crippen molar-refractivity contribution in [2.24, 2.45) is 16.8 Å². The van der Waals surface area contributed by atoms with Crippen LogP contribution in [0.1, 0.15) is 89.2 Å². The van der Waals surface area contributed by atoms with E-state index in [0.717, 1.165) is 54.6 Å². The van der Waals surface area contributed by atoms with E-state index in [-0.39, 0.29) is 40.6 Å². The van der Waals surface area contributed by atoms with Gasteiger partial charge in [0.05, 0.1) is 17.0 Å². The first-order chi connectivity index (χ1) is 29.4. The Labute approximate surface area is 361 Å². The van der Waals surface area contributed by atoms with Gasteiger partial charge in [-0.25, -0.2) is 22.6 Å². The molecule has 0 saturated carbocycles. The smallest absolute Gasteiger partial charge is 0.324 e. The highest BCUT2D eigenvalue weighted by atomic mass is 19.2. The molecule has 0 spiro atoms. The van der Waals surface area contributed by atoms with Crippen LogP contribution in [0.25, 0.3) is 34.4 Å². The minimum Gasteiger partial charge on any atom is -0.324 e. The molecule has 2 heterocycles. The van der Waals surface area contributed by atoms with Crippen LogP contribution in [0.5, 0.6) is 0 Å². The van der Waals surface area contributed by atoms with Crippen molar-refractivity contribution in [3.63, 3.8) is 0 Å². The van der Waals surface area contributed by atoms with Crippen LogP contribution >= 0.6 is 0 Å². The molecule has 1 aliphatic heterocycles. The minimum absolute atomic E-state index is 0.0456. The molecule has 0 radical (unpaired) electrons. The van der Waals surface area contributed by atoms with Crippen molar-refractivity contribution >= 4 is 36.4 Å². The fraction of sp³-hybridized carbons (Fsp3) is 0.226. The fourth-order valence-electron chi connectivity index (χ4n) is 9.44. The first kappa shape index (κ1) is 44.0. The fourth-order valence-corrected chi connectivity index (χ4v) is 9.44. The number of hydrogen-bond donors (Lipinski definition) is 0. The van der Waals surface area contributed by atoms with Crippen molar-refractivity contribution in [1.29, 1.82) is 0 Å². The lowest BCUT2D eigenvalue weighted by molar-refractivity contribution is 0.450. The van der Waals surface area contributed by atoms with Crippen LogP contribution in [0.4, 0.5) is 26.2 Å². The zero-order chi connectivity index (χ0) is 44.9. The third kappa shape index (κ3) is 7.94. The summed E-state index contributed by atoms with van der Waals surface area (Å²) in [7, 11) is -3.28. The Morgan fingerprint density at radius 3 is 1.85 bits per heavy atom. The molecule has 1 aromatic heterocycles. The summed E-state index contributed by atoms with van der Waals surface area (Å²) in [5, 5.41) is 0. The standard InChI is InChI=1S/C53H49BF6N2/c1-28-23-32(5)38(33(6)24-28)19-21-44-46(40-17-13-11-15-30(40)3)36(9)52(61-44)49(48-50(57)42(55)27-43(56)51(48)58)53-37(10)47(41-18-14-12-16-31(41)4)45(62(53)54(59)60)22-20-39-34(7)25-29(2)26-35(39)8/h11-27,34,39H,1-10H3/b21-19+,22-20+,52-49-. The van der Waals surface area contributed by atoms with Gasteiger partial charge in [0.25, 0.3) is 0 Å². The molecule has 1 aliphatic carbocycles. The van der Waals surface area contributed by atoms with Crippen molar-refractivity contribution in [3.8, 4) is 11.1 Å². The molecule has 7 rings (SSSR count). The summed E-state index contributed by atoms with van der Waals surface area (Å²) in [6.45, 7) is 19.1. The molecule has 0 amide bonds. The monoisotopic (exact) mass is 838 g/mol. The number of allylic oxidation sites excluding steroid dienone is 8. The van der Waals surface area contributed by atoms with Crippen molar-refractivity contribution < 1.29 is 26.2 Å². The molecule has 0 saturated heterocycles. The third-order valence-electron chi connectivity index (χ3n) is 12.2. The Morgan fingerprint density at radius 2 is 1.29 bits per heavy atom. The quantitative estimate of drug-likeness (QED) is 0.0799. The van der Waals surface area contributed by atoms with E-state index in [4.69, 9.17) is 4.99 Å². The lowest BCUT2D eigenvalue weighted by atomic mass is 9.81. The number of aliphatic imine (C=N–C) groups is 1. The second-order valence-electron chi connectivity index (χ2n) is 16.8. The van der Waals surface area contributed by atoms with Crippen molar-refractivity contribution in [2.75, 3.05) is 0 Å². The molecular formula is C53H49BF6N2. The van der Waals surface area contributed by atoms with Crippen molar-refractivity contribution in [1.82, 2.24) is 4.48 Å². The normalized spacial score (nSPS) is 17.6. The lowest BCUT2D eigenvalue weighted by Crippen LogP contribution is -2.20. The van der Waals surface area contributed by atoms with Gasteiger partial charge >= 0.3 is 7.40 Å². The number of benzene rings is 4. The van der Waals surface area contributed by atoms with E-state index in [2.05, 4.69) is 31.2 Å². The average molecular weight is 839 g/mol. The molecule has 2 aliphatic rings. The highest BCUT2D eigenvalue weighted by molar-refractivity contribution is 6.42. The molecule has 2 nitrogen and oxygen atoms in total. The Morgan fingerprint density at radius 1 is 0.710 bits per heavy atom. The molecule has 0 bridgehead atoms. The maximum Gasteiger partial charge on any atom is 0.678 e. The zero-order valence-corrected chi connectivity index (χ0v) is 36.7. The Kier molecular flexibility index (Phi) is 12.3. The first-order valence-corrected chi connectivity index (χ1v) is 20.7. The van der Waals surface area contributed by atoms with Gasteiger partial charge in [-0.15, -0.1) is 0 Å². The highest BCUT2D eigenvalue weighted by Gasteiger charge is 2.38. The number of aromatic nitrogens is 1. The molecule has 62 heavy (non-hydrogen) atoms. The minimum atomic E-state index is -3.28. The van der Waals surface area contributed by atoms with Crippen LogP contribution in [0.3, 0.4) is 0 Å². The number of hydrogen-bond acceptors (Lipinski definition) is 1. The maximum absolute atomic E-state index is 16.6. The van der Waals surface area contributed by atoms with Crippen molar-refractivity contribution in [2.45, 2.75) is 69.2 Å². The van der Waals surface area contributed by atoms with E-state index >= 15 is 26.2 Å². The van der Waals surface area contributed by atoms with Crippen LogP contribution in [0.2, 0.25) is 0 Å². The van der Waals surface area contributed by atoms with Crippen LogP contribution in [0.15, 0.2) is 118 Å². The SMILES string of the molecule is CC1=CC(C)C(/C=C/c2c(-c3ccccc3C)c(C)c(/C(=C3N=C(/C=C/c4c(C)cc(C)cc4C)C(c4ccccc4C)=C\3C)c3c(F)c(F)cc(F)c3F)n2B(F)F)C(C)=C1. The molecule has 316 valence electrons. The van der Waals surface area contributed by atoms with Gasteiger partial charge in [0.1, 0.15) is 0 Å². The van der Waals surface area contributed by atoms with E-state index in [1.807, 2.05) is 97.0 Å². The molecule has 5 aromatic rings. The summed E-state index contributed by atoms with van der Waals surface area (Å²) in [4.78, 5) is 5.04.